The average Bonchev–Trinajstić information content (AvgIpc) is 3.37. The molecule has 3 heterocycles. The molecule has 5 rings (SSSR count). The van der Waals surface area contributed by atoms with Gasteiger partial charge in [-0.05, 0) is 35.9 Å². The van der Waals surface area contributed by atoms with Gasteiger partial charge in [0.15, 0.2) is 39.8 Å². The number of pyridine rings is 1. The number of anilines is 1. The van der Waals surface area contributed by atoms with Gasteiger partial charge in [-0.3, -0.25) is 18.8 Å². The van der Waals surface area contributed by atoms with Gasteiger partial charge in [0, 0.05) is 31.9 Å². The Bertz CT molecular complexity index is 2550. The number of nitrogens with one attached hydrogen (secondary N) is 1. The van der Waals surface area contributed by atoms with E-state index in [0.717, 1.165) is 33.7 Å². The maximum Gasteiger partial charge on any atom is 0.460 e. The molecule has 5 aromatic rings. The first kappa shape index (κ1) is 41.5. The number of hydrogen-bond acceptors (Lipinski definition) is 10. The molecule has 1 atom stereocenters. The van der Waals surface area contributed by atoms with Gasteiger partial charge in [0.05, 0.1) is 27.0 Å². The van der Waals surface area contributed by atoms with Crippen molar-refractivity contribution in [2.45, 2.75) is 30.5 Å². The third-order valence-electron chi connectivity index (χ3n) is 7.65. The van der Waals surface area contributed by atoms with Crippen molar-refractivity contribution in [2.75, 3.05) is 23.9 Å². The molecule has 0 aliphatic carbocycles. The van der Waals surface area contributed by atoms with Crippen molar-refractivity contribution < 1.29 is 67.0 Å². The Morgan fingerprint density at radius 2 is 1.64 bits per heavy atom. The number of rotatable bonds is 12. The molecule has 0 aliphatic heterocycles. The van der Waals surface area contributed by atoms with Crippen molar-refractivity contribution in [3.05, 3.63) is 80.9 Å². The van der Waals surface area contributed by atoms with Crippen LogP contribution in [0.2, 0.25) is 5.02 Å². The minimum absolute atomic E-state index is 0.0768. The van der Waals surface area contributed by atoms with Crippen molar-refractivity contribution in [1.29, 1.82) is 0 Å². The number of primary amides is 1. The SMILES string of the molecule is Cn1nc(NC(=O)CS(C)(=O)=O)c2c(Cl)ccc(-n3c(C(Cc4cc(F)cc(F)c4)OC(N)=O)nc4nc(OCC(F)(F)C(F)(F)C(F)(F)F)ccc4c3=O)c21. The standard InChI is InChI=1S/C31H23ClF9N7O7S/c1-47-23-18(5-4-17(32)22(23)25(46-47)43-20(49)11-56(2,52)53)48-26(19(55-28(42)51)9-13-7-14(33)10-15(34)8-13)45-24-16(27(48)50)3-6-21(44-24)54-12-29(35,36)30(37,38)31(39,40)41/h3-8,10,19H,9,11-12H2,1-2H3,(H2,42,51)(H,43,46,49). The predicted molar refractivity (Wildman–Crippen MR) is 178 cm³/mol. The Morgan fingerprint density at radius 3 is 2.23 bits per heavy atom. The van der Waals surface area contributed by atoms with Crippen LogP contribution in [0.3, 0.4) is 0 Å². The second-order valence-corrected chi connectivity index (χ2v) is 14.5. The number of ether oxygens (including phenoxy) is 2. The summed E-state index contributed by atoms with van der Waals surface area (Å²) in [5, 5.41) is 5.77. The number of hydrogen-bond donors (Lipinski definition) is 2. The summed E-state index contributed by atoms with van der Waals surface area (Å²) in [5.74, 6) is -18.5. The van der Waals surface area contributed by atoms with Crippen LogP contribution in [0.25, 0.3) is 27.6 Å². The zero-order chi connectivity index (χ0) is 41.7. The monoisotopic (exact) mass is 843 g/mol. The van der Waals surface area contributed by atoms with Crippen LogP contribution in [0.5, 0.6) is 5.88 Å². The third kappa shape index (κ3) is 8.44. The molecule has 3 aromatic heterocycles. The second-order valence-electron chi connectivity index (χ2n) is 12.0. The number of halogens is 10. The van der Waals surface area contributed by atoms with E-state index in [-0.39, 0.29) is 33.0 Å². The summed E-state index contributed by atoms with van der Waals surface area (Å²) in [6, 6.07) is 6.05. The molecule has 3 N–H and O–H groups in total. The van der Waals surface area contributed by atoms with Crippen molar-refractivity contribution in [3.63, 3.8) is 0 Å². The number of nitrogens with two attached hydrogens (primary N) is 1. The lowest BCUT2D eigenvalue weighted by atomic mass is 10.1. The molecule has 14 nitrogen and oxygen atoms in total. The Balaban J connectivity index is 1.75. The molecule has 0 fully saturated rings. The fraction of sp³-hybridized carbons (Fsp3) is 0.290. The van der Waals surface area contributed by atoms with Crippen LogP contribution in [0.1, 0.15) is 17.5 Å². The van der Waals surface area contributed by atoms with Gasteiger partial charge in [-0.2, -0.15) is 40.8 Å². The highest BCUT2D eigenvalue weighted by atomic mass is 35.5. The maximum absolute atomic E-state index is 14.4. The van der Waals surface area contributed by atoms with Gasteiger partial charge in [-0.15, -0.1) is 0 Å². The molecule has 0 aliphatic rings. The number of carbonyl (C=O) groups excluding carboxylic acids is 2. The zero-order valence-electron chi connectivity index (χ0n) is 28.1. The predicted octanol–water partition coefficient (Wildman–Crippen LogP) is 5.17. The molecule has 1 unspecified atom stereocenters. The summed E-state index contributed by atoms with van der Waals surface area (Å²) in [6.45, 7) is -2.55. The first-order valence-electron chi connectivity index (χ1n) is 15.2. The summed E-state index contributed by atoms with van der Waals surface area (Å²) in [5.41, 5.74) is 2.92. The number of sulfone groups is 1. The van der Waals surface area contributed by atoms with Gasteiger partial charge < -0.3 is 20.5 Å². The minimum Gasteiger partial charge on any atom is -0.471 e. The summed E-state index contributed by atoms with van der Waals surface area (Å²) in [6.07, 6.45) is -9.95. The molecule has 0 saturated carbocycles. The van der Waals surface area contributed by atoms with E-state index < -0.39 is 105 Å². The van der Waals surface area contributed by atoms with Gasteiger partial charge in [0.2, 0.25) is 11.8 Å². The number of carbonyl (C=O) groups is 2. The Labute approximate surface area is 311 Å². The number of amides is 2. The van der Waals surface area contributed by atoms with E-state index in [0.29, 0.717) is 12.1 Å². The second kappa shape index (κ2) is 14.8. The van der Waals surface area contributed by atoms with Crippen molar-refractivity contribution in [1.82, 2.24) is 24.3 Å². The van der Waals surface area contributed by atoms with E-state index in [4.69, 9.17) is 22.1 Å². The highest BCUT2D eigenvalue weighted by Crippen LogP contribution is 2.46. The summed E-state index contributed by atoms with van der Waals surface area (Å²) in [4.78, 5) is 47.0. The van der Waals surface area contributed by atoms with E-state index in [9.17, 15) is 62.3 Å². The van der Waals surface area contributed by atoms with Gasteiger partial charge in [0.25, 0.3) is 5.56 Å². The molecular formula is C31H23ClF9N7O7S. The van der Waals surface area contributed by atoms with Gasteiger partial charge in [0.1, 0.15) is 17.4 Å². The largest absolute Gasteiger partial charge is 0.471 e. The lowest BCUT2D eigenvalue weighted by Crippen LogP contribution is -2.54. The number of nitrogens with zero attached hydrogens (tertiary/aromatic N) is 5. The molecule has 0 saturated heterocycles. The molecule has 2 amide bonds. The molecule has 0 bridgehead atoms. The maximum atomic E-state index is 14.4. The highest BCUT2D eigenvalue weighted by Gasteiger charge is 2.73. The quantitative estimate of drug-likeness (QED) is 0.159. The van der Waals surface area contributed by atoms with E-state index in [2.05, 4.69) is 25.1 Å². The van der Waals surface area contributed by atoms with E-state index in [1.807, 2.05) is 0 Å². The smallest absolute Gasteiger partial charge is 0.460 e. The Morgan fingerprint density at radius 1 is 1.00 bits per heavy atom. The van der Waals surface area contributed by atoms with E-state index >= 15 is 0 Å². The normalized spacial score (nSPS) is 13.2. The van der Waals surface area contributed by atoms with Crippen LogP contribution in [0.4, 0.5) is 50.1 Å². The summed E-state index contributed by atoms with van der Waals surface area (Å²) in [7, 11) is -2.51. The molecule has 56 heavy (non-hydrogen) atoms. The van der Waals surface area contributed by atoms with Gasteiger partial charge in [-0.1, -0.05) is 11.6 Å². The van der Waals surface area contributed by atoms with Gasteiger partial charge in [-0.25, -0.2) is 27.0 Å². The molecular weight excluding hydrogens is 821 g/mol. The fourth-order valence-electron chi connectivity index (χ4n) is 5.36. The summed E-state index contributed by atoms with van der Waals surface area (Å²) >= 11 is 6.46. The van der Waals surface area contributed by atoms with Crippen LogP contribution in [-0.4, -0.2) is 81.4 Å². The van der Waals surface area contributed by atoms with Crippen molar-refractivity contribution >= 4 is 61.2 Å². The number of benzene rings is 2. The lowest BCUT2D eigenvalue weighted by Gasteiger charge is -2.27. The first-order valence-corrected chi connectivity index (χ1v) is 17.7. The first-order chi connectivity index (χ1) is 25.8. The Kier molecular flexibility index (Phi) is 11.0. The lowest BCUT2D eigenvalue weighted by molar-refractivity contribution is -0.358. The number of aryl methyl sites for hydroxylation is 1. The molecule has 2 aromatic carbocycles. The number of fused-ring (bicyclic) bond motifs is 2. The fourth-order valence-corrected chi connectivity index (χ4v) is 6.15. The molecule has 0 spiro atoms. The average molecular weight is 844 g/mol. The van der Waals surface area contributed by atoms with E-state index in [1.54, 1.807) is 0 Å². The zero-order valence-corrected chi connectivity index (χ0v) is 29.7. The molecule has 300 valence electrons. The minimum atomic E-state index is -6.66. The number of aromatic nitrogens is 5. The van der Waals surface area contributed by atoms with Gasteiger partial charge >= 0.3 is 24.1 Å². The van der Waals surface area contributed by atoms with E-state index in [1.165, 1.54) is 19.2 Å². The van der Waals surface area contributed by atoms with Crippen LogP contribution >= 0.6 is 11.6 Å². The molecule has 0 radical (unpaired) electrons. The van der Waals surface area contributed by atoms with Crippen LogP contribution < -0.4 is 21.3 Å². The van der Waals surface area contributed by atoms with Crippen LogP contribution in [0.15, 0.2) is 47.3 Å². The Hall–Kier alpha value is -5.65. The number of alkyl halides is 7. The third-order valence-corrected chi connectivity index (χ3v) is 8.75. The van der Waals surface area contributed by atoms with Crippen LogP contribution in [0, 0.1) is 11.6 Å². The van der Waals surface area contributed by atoms with Crippen molar-refractivity contribution in [2.24, 2.45) is 12.8 Å². The van der Waals surface area contributed by atoms with Crippen molar-refractivity contribution in [3.8, 4) is 11.6 Å². The van der Waals surface area contributed by atoms with Crippen LogP contribution in [-0.2, 0) is 32.8 Å². The highest BCUT2D eigenvalue weighted by molar-refractivity contribution is 7.91. The topological polar surface area (TPSA) is 190 Å². The summed E-state index contributed by atoms with van der Waals surface area (Å²) < 4.78 is 156. The molecule has 25 heteroatoms.